The van der Waals surface area contributed by atoms with Crippen molar-refractivity contribution in [2.75, 3.05) is 13.2 Å². The van der Waals surface area contributed by atoms with E-state index >= 15 is 0 Å². The van der Waals surface area contributed by atoms with E-state index in [4.69, 9.17) is 4.74 Å². The van der Waals surface area contributed by atoms with E-state index in [1.807, 2.05) is 24.3 Å². The van der Waals surface area contributed by atoms with E-state index in [1.165, 1.54) is 0 Å². The molecule has 5 nitrogen and oxygen atoms in total. The van der Waals surface area contributed by atoms with E-state index in [2.05, 4.69) is 10.6 Å². The van der Waals surface area contributed by atoms with Crippen LogP contribution in [0.1, 0.15) is 30.1 Å². The quantitative estimate of drug-likeness (QED) is 0.834. The summed E-state index contributed by atoms with van der Waals surface area (Å²) in [6, 6.07) is 7.37. The Balaban J connectivity index is 1.73. The first-order valence-corrected chi connectivity index (χ1v) is 7.03. The Bertz CT molecular complexity index is 530. The lowest BCUT2D eigenvalue weighted by Gasteiger charge is -2.28. The molecule has 5 heteroatoms. The van der Waals surface area contributed by atoms with Crippen LogP contribution in [-0.2, 0) is 20.7 Å². The van der Waals surface area contributed by atoms with Gasteiger partial charge in [-0.1, -0.05) is 24.3 Å². The van der Waals surface area contributed by atoms with Crippen molar-refractivity contribution < 1.29 is 14.3 Å². The minimum absolute atomic E-state index is 0.103. The molecule has 0 aliphatic carbocycles. The number of fused-ring (bicyclic) bond motifs is 1. The second-order valence-electron chi connectivity index (χ2n) is 5.19. The van der Waals surface area contributed by atoms with Gasteiger partial charge in [-0.3, -0.25) is 9.59 Å². The fourth-order valence-corrected chi connectivity index (χ4v) is 2.77. The molecule has 1 aromatic rings. The molecule has 2 aliphatic rings. The maximum Gasteiger partial charge on any atom is 0.254 e. The highest BCUT2D eigenvalue weighted by atomic mass is 16.5. The lowest BCUT2D eigenvalue weighted by molar-refractivity contribution is -0.138. The molecule has 2 aliphatic heterocycles. The van der Waals surface area contributed by atoms with Crippen molar-refractivity contribution in [1.29, 1.82) is 0 Å². The van der Waals surface area contributed by atoms with E-state index in [9.17, 15) is 9.59 Å². The maximum atomic E-state index is 12.4. The molecule has 106 valence electrons. The molecule has 2 amide bonds. The Morgan fingerprint density at radius 2 is 2.20 bits per heavy atom. The summed E-state index contributed by atoms with van der Waals surface area (Å²) in [5.74, 6) is -0.326. The van der Waals surface area contributed by atoms with Crippen LogP contribution in [0.4, 0.5) is 0 Å². The number of benzene rings is 1. The van der Waals surface area contributed by atoms with Crippen molar-refractivity contribution in [3.05, 3.63) is 35.4 Å². The molecule has 0 aromatic heterocycles. The minimum atomic E-state index is -0.602. The van der Waals surface area contributed by atoms with Gasteiger partial charge < -0.3 is 15.4 Å². The van der Waals surface area contributed by atoms with Gasteiger partial charge in [0.15, 0.2) is 6.10 Å². The minimum Gasteiger partial charge on any atom is -0.363 e. The van der Waals surface area contributed by atoms with E-state index in [-0.39, 0.29) is 11.8 Å². The van der Waals surface area contributed by atoms with Gasteiger partial charge in [0.25, 0.3) is 5.91 Å². The number of carbonyl (C=O) groups is 2. The number of rotatable bonds is 2. The molecule has 1 aromatic carbocycles. The van der Waals surface area contributed by atoms with E-state index in [0.29, 0.717) is 19.6 Å². The lowest BCUT2D eigenvalue weighted by Crippen LogP contribution is -2.51. The number of piperidine rings is 1. The third kappa shape index (κ3) is 2.54. The normalized spacial score (nSPS) is 25.5. The van der Waals surface area contributed by atoms with Gasteiger partial charge in [-0.15, -0.1) is 0 Å². The smallest absolute Gasteiger partial charge is 0.254 e. The molecule has 2 atom stereocenters. The van der Waals surface area contributed by atoms with E-state index in [1.54, 1.807) is 0 Å². The highest BCUT2D eigenvalue weighted by Crippen LogP contribution is 2.27. The highest BCUT2D eigenvalue weighted by Gasteiger charge is 2.31. The number of ether oxygens (including phenoxy) is 1. The number of nitrogens with one attached hydrogen (secondary N) is 2. The highest BCUT2D eigenvalue weighted by molar-refractivity contribution is 5.90. The second kappa shape index (κ2) is 5.63. The summed E-state index contributed by atoms with van der Waals surface area (Å²) < 4.78 is 5.60. The molecule has 1 saturated heterocycles. The van der Waals surface area contributed by atoms with Crippen molar-refractivity contribution in [1.82, 2.24) is 10.6 Å². The zero-order valence-corrected chi connectivity index (χ0v) is 11.2. The van der Waals surface area contributed by atoms with Crippen LogP contribution < -0.4 is 10.6 Å². The van der Waals surface area contributed by atoms with Gasteiger partial charge in [-0.25, -0.2) is 0 Å². The number of amides is 2. The van der Waals surface area contributed by atoms with Crippen LogP contribution in [0.25, 0.3) is 0 Å². The Morgan fingerprint density at radius 1 is 1.35 bits per heavy atom. The molecule has 2 N–H and O–H groups in total. The summed E-state index contributed by atoms with van der Waals surface area (Å²) >= 11 is 0. The predicted octanol–water partition coefficient (Wildman–Crippen LogP) is 0.695. The van der Waals surface area contributed by atoms with E-state index < -0.39 is 12.1 Å². The fourth-order valence-electron chi connectivity index (χ4n) is 2.77. The monoisotopic (exact) mass is 274 g/mol. The average Bonchev–Trinajstić information content (AvgIpc) is 2.49. The summed E-state index contributed by atoms with van der Waals surface area (Å²) in [6.45, 7) is 1.22. The molecule has 2 heterocycles. The van der Waals surface area contributed by atoms with Crippen LogP contribution in [0.3, 0.4) is 0 Å². The average molecular weight is 274 g/mol. The molecule has 1 fully saturated rings. The molecular weight excluding hydrogens is 256 g/mol. The van der Waals surface area contributed by atoms with Crippen LogP contribution >= 0.6 is 0 Å². The van der Waals surface area contributed by atoms with Gasteiger partial charge >= 0.3 is 0 Å². The third-order valence-corrected chi connectivity index (χ3v) is 3.83. The standard InChI is InChI=1S/C15H18N2O3/c18-14-12(6-3-8-16-14)17-15(19)13-11-5-2-1-4-10(11)7-9-20-13/h1-2,4-5,12-13H,3,6-9H2,(H,16,18)(H,17,19). The molecular formula is C15H18N2O3. The first-order valence-electron chi connectivity index (χ1n) is 7.03. The zero-order valence-electron chi connectivity index (χ0n) is 11.2. The third-order valence-electron chi connectivity index (χ3n) is 3.83. The van der Waals surface area contributed by atoms with Gasteiger partial charge in [0, 0.05) is 6.54 Å². The molecule has 0 radical (unpaired) electrons. The first-order chi connectivity index (χ1) is 9.75. The van der Waals surface area contributed by atoms with Crippen molar-refractivity contribution in [2.45, 2.75) is 31.4 Å². The van der Waals surface area contributed by atoms with Crippen LogP contribution in [-0.4, -0.2) is 31.0 Å². The maximum absolute atomic E-state index is 12.4. The SMILES string of the molecule is O=C1NCCCC1NC(=O)C1OCCc2ccccc21. The van der Waals surface area contributed by atoms with Crippen molar-refractivity contribution in [3.63, 3.8) is 0 Å². The van der Waals surface area contributed by atoms with Crippen molar-refractivity contribution in [2.24, 2.45) is 0 Å². The fraction of sp³-hybridized carbons (Fsp3) is 0.467. The topological polar surface area (TPSA) is 67.4 Å². The molecule has 0 bridgehead atoms. The zero-order chi connectivity index (χ0) is 13.9. The van der Waals surface area contributed by atoms with Gasteiger partial charge in [-0.2, -0.15) is 0 Å². The van der Waals surface area contributed by atoms with Gasteiger partial charge in [0.1, 0.15) is 6.04 Å². The Labute approximate surface area is 117 Å². The van der Waals surface area contributed by atoms with Gasteiger partial charge in [0.2, 0.25) is 5.91 Å². The van der Waals surface area contributed by atoms with Crippen LogP contribution in [0, 0.1) is 0 Å². The summed E-state index contributed by atoms with van der Waals surface area (Å²) in [5, 5.41) is 5.57. The number of hydrogen-bond acceptors (Lipinski definition) is 3. The van der Waals surface area contributed by atoms with Crippen molar-refractivity contribution >= 4 is 11.8 Å². The summed E-state index contributed by atoms with van der Waals surface area (Å²) in [7, 11) is 0. The van der Waals surface area contributed by atoms with Gasteiger partial charge in [0.05, 0.1) is 6.61 Å². The molecule has 0 spiro atoms. The Morgan fingerprint density at radius 3 is 3.05 bits per heavy atom. The molecule has 0 saturated carbocycles. The summed E-state index contributed by atoms with van der Waals surface area (Å²) in [5.41, 5.74) is 2.06. The Hall–Kier alpha value is -1.88. The summed E-state index contributed by atoms with van der Waals surface area (Å²) in [4.78, 5) is 24.0. The van der Waals surface area contributed by atoms with Crippen LogP contribution in [0.5, 0.6) is 0 Å². The van der Waals surface area contributed by atoms with E-state index in [0.717, 1.165) is 24.0 Å². The lowest BCUT2D eigenvalue weighted by atomic mass is 9.96. The first kappa shape index (κ1) is 13.1. The number of carbonyl (C=O) groups excluding carboxylic acids is 2. The van der Waals surface area contributed by atoms with Crippen LogP contribution in [0.2, 0.25) is 0 Å². The largest absolute Gasteiger partial charge is 0.363 e. The Kier molecular flexibility index (Phi) is 3.69. The molecule has 20 heavy (non-hydrogen) atoms. The predicted molar refractivity (Wildman–Crippen MR) is 73.0 cm³/mol. The summed E-state index contributed by atoms with van der Waals surface area (Å²) in [6.07, 6.45) is 1.80. The van der Waals surface area contributed by atoms with Gasteiger partial charge in [-0.05, 0) is 30.4 Å². The van der Waals surface area contributed by atoms with Crippen molar-refractivity contribution in [3.8, 4) is 0 Å². The second-order valence-corrected chi connectivity index (χ2v) is 5.19. The number of hydrogen-bond donors (Lipinski definition) is 2. The molecule has 2 unspecified atom stereocenters. The van der Waals surface area contributed by atoms with Crippen LogP contribution in [0.15, 0.2) is 24.3 Å². The molecule has 3 rings (SSSR count).